The number of pyridine rings is 1. The van der Waals surface area contributed by atoms with Crippen LogP contribution in [0, 0.1) is 5.92 Å². The van der Waals surface area contributed by atoms with Gasteiger partial charge in [0.1, 0.15) is 5.82 Å². The number of aromatic nitrogens is 1. The van der Waals surface area contributed by atoms with Gasteiger partial charge in [-0.1, -0.05) is 0 Å². The molecule has 3 N–H and O–H groups in total. The van der Waals surface area contributed by atoms with Crippen molar-refractivity contribution in [1.82, 2.24) is 9.88 Å². The van der Waals surface area contributed by atoms with Gasteiger partial charge in [0.25, 0.3) is 0 Å². The predicted octanol–water partition coefficient (Wildman–Crippen LogP) is 2.21. The van der Waals surface area contributed by atoms with Crippen LogP contribution in [0.5, 0.6) is 0 Å². The van der Waals surface area contributed by atoms with Crippen molar-refractivity contribution in [3.63, 3.8) is 0 Å². The lowest BCUT2D eigenvalue weighted by Crippen LogP contribution is -2.38. The number of hydrogen-bond donors (Lipinski definition) is 2. The number of carbonyl (C=O) groups excluding carboxylic acids is 2. The quantitative estimate of drug-likeness (QED) is 0.770. The summed E-state index contributed by atoms with van der Waals surface area (Å²) >= 11 is 3.28. The Labute approximate surface area is 156 Å². The van der Waals surface area contributed by atoms with E-state index >= 15 is 0 Å². The second-order valence-electron chi connectivity index (χ2n) is 5.37. The van der Waals surface area contributed by atoms with Crippen LogP contribution in [0.25, 0.3) is 0 Å². The molecule has 1 heterocycles. The highest BCUT2D eigenvalue weighted by molar-refractivity contribution is 9.10. The highest BCUT2D eigenvalue weighted by atomic mass is 79.9. The molecule has 0 aliphatic heterocycles. The third kappa shape index (κ3) is 6.63. The van der Waals surface area contributed by atoms with E-state index in [1.165, 1.54) is 4.90 Å². The Bertz CT molecular complexity index is 530. The van der Waals surface area contributed by atoms with Crippen LogP contribution in [0.1, 0.15) is 19.3 Å². The Hall–Kier alpha value is -0.890. The summed E-state index contributed by atoms with van der Waals surface area (Å²) in [4.78, 5) is 29.6. The smallest absolute Gasteiger partial charge is 0.245 e. The number of nitrogens with zero attached hydrogens (tertiary/aromatic N) is 2. The molecule has 1 fully saturated rings. The maximum Gasteiger partial charge on any atom is 0.245 e. The minimum atomic E-state index is -0.261. The standard InChI is InChI=1S/C14H19BrN4O2.2ClH/c1-19(14(21)9-2-4-11(16)6-9)8-13(20)18-12-5-3-10(15)7-17-12;;/h3,5,7,9,11H,2,4,6,8,16H2,1H3,(H,17,18,20);2*1H. The molecular weight excluding hydrogens is 407 g/mol. The highest BCUT2D eigenvalue weighted by Gasteiger charge is 2.30. The van der Waals surface area contributed by atoms with E-state index < -0.39 is 0 Å². The lowest BCUT2D eigenvalue weighted by atomic mass is 10.1. The molecule has 23 heavy (non-hydrogen) atoms. The van der Waals surface area contributed by atoms with Gasteiger partial charge >= 0.3 is 0 Å². The highest BCUT2D eigenvalue weighted by Crippen LogP contribution is 2.25. The molecule has 0 spiro atoms. The number of nitrogens with two attached hydrogens (primary N) is 1. The van der Waals surface area contributed by atoms with E-state index in [-0.39, 0.29) is 55.1 Å². The molecule has 130 valence electrons. The van der Waals surface area contributed by atoms with E-state index in [1.54, 1.807) is 25.4 Å². The van der Waals surface area contributed by atoms with Gasteiger partial charge in [0.15, 0.2) is 0 Å². The molecule has 1 saturated carbocycles. The minimum absolute atomic E-state index is 0. The van der Waals surface area contributed by atoms with Crippen LogP contribution in [0.4, 0.5) is 5.82 Å². The molecule has 0 radical (unpaired) electrons. The molecule has 1 aliphatic carbocycles. The van der Waals surface area contributed by atoms with Crippen molar-refractivity contribution >= 4 is 58.4 Å². The Kier molecular flexibility index (Phi) is 9.68. The van der Waals surface area contributed by atoms with Crippen LogP contribution in [0.2, 0.25) is 0 Å². The SMILES string of the molecule is CN(CC(=O)Nc1ccc(Br)cn1)C(=O)C1CCC(N)C1.Cl.Cl. The van der Waals surface area contributed by atoms with Gasteiger partial charge in [-0.05, 0) is 47.3 Å². The van der Waals surface area contributed by atoms with Gasteiger partial charge in [-0.25, -0.2) is 4.98 Å². The lowest BCUT2D eigenvalue weighted by Gasteiger charge is -2.20. The van der Waals surface area contributed by atoms with Crippen LogP contribution in [0.3, 0.4) is 0 Å². The van der Waals surface area contributed by atoms with E-state index in [0.717, 1.165) is 17.3 Å². The van der Waals surface area contributed by atoms with E-state index in [9.17, 15) is 9.59 Å². The van der Waals surface area contributed by atoms with Crippen LogP contribution >= 0.6 is 40.7 Å². The number of amides is 2. The number of rotatable bonds is 4. The Morgan fingerprint density at radius 2 is 2.09 bits per heavy atom. The first-order valence-corrected chi connectivity index (χ1v) is 7.67. The molecule has 2 rings (SSSR count). The van der Waals surface area contributed by atoms with Crippen molar-refractivity contribution in [3.05, 3.63) is 22.8 Å². The van der Waals surface area contributed by atoms with Gasteiger partial charge in [-0.3, -0.25) is 9.59 Å². The summed E-state index contributed by atoms with van der Waals surface area (Å²) < 4.78 is 0.838. The van der Waals surface area contributed by atoms with Crippen LogP contribution in [-0.4, -0.2) is 41.3 Å². The monoisotopic (exact) mass is 426 g/mol. The van der Waals surface area contributed by atoms with Crippen LogP contribution in [0.15, 0.2) is 22.8 Å². The van der Waals surface area contributed by atoms with Gasteiger partial charge in [-0.15, -0.1) is 24.8 Å². The Balaban J connectivity index is 0.00000242. The molecule has 1 aromatic heterocycles. The zero-order valence-electron chi connectivity index (χ0n) is 12.7. The molecule has 6 nitrogen and oxygen atoms in total. The summed E-state index contributed by atoms with van der Waals surface area (Å²) in [5.41, 5.74) is 5.82. The molecule has 9 heteroatoms. The number of nitrogens with one attached hydrogen (secondary N) is 1. The van der Waals surface area contributed by atoms with Gasteiger partial charge < -0.3 is 16.0 Å². The third-order valence-electron chi connectivity index (χ3n) is 3.57. The fourth-order valence-electron chi connectivity index (χ4n) is 2.48. The lowest BCUT2D eigenvalue weighted by molar-refractivity contribution is -0.136. The minimum Gasteiger partial charge on any atom is -0.336 e. The van der Waals surface area contributed by atoms with Crippen molar-refractivity contribution in [2.24, 2.45) is 11.7 Å². The number of anilines is 1. The molecular formula is C14H21BrCl2N4O2. The summed E-state index contributed by atoms with van der Waals surface area (Å²) in [5.74, 6) is 0.139. The number of halogens is 3. The first-order valence-electron chi connectivity index (χ1n) is 6.87. The average molecular weight is 428 g/mol. The van der Waals surface area contributed by atoms with Gasteiger partial charge in [-0.2, -0.15) is 0 Å². The number of hydrogen-bond acceptors (Lipinski definition) is 4. The van der Waals surface area contributed by atoms with Crippen molar-refractivity contribution in [1.29, 1.82) is 0 Å². The van der Waals surface area contributed by atoms with E-state index in [1.807, 2.05) is 0 Å². The maximum atomic E-state index is 12.2. The first kappa shape index (κ1) is 22.1. The molecule has 1 aliphatic rings. The van der Waals surface area contributed by atoms with Crippen molar-refractivity contribution in [3.8, 4) is 0 Å². The largest absolute Gasteiger partial charge is 0.336 e. The van der Waals surface area contributed by atoms with Gasteiger partial charge in [0.05, 0.1) is 6.54 Å². The topological polar surface area (TPSA) is 88.3 Å². The summed E-state index contributed by atoms with van der Waals surface area (Å²) in [6.07, 6.45) is 3.99. The van der Waals surface area contributed by atoms with Crippen LogP contribution in [-0.2, 0) is 9.59 Å². The number of carbonyl (C=O) groups is 2. The van der Waals surface area contributed by atoms with Gasteiger partial charge in [0, 0.05) is 29.7 Å². The number of likely N-dealkylation sites (N-methyl/N-ethyl adjacent to an activating group) is 1. The van der Waals surface area contributed by atoms with E-state index in [4.69, 9.17) is 5.73 Å². The fraction of sp³-hybridized carbons (Fsp3) is 0.500. The van der Waals surface area contributed by atoms with Crippen molar-refractivity contribution < 1.29 is 9.59 Å². The Morgan fingerprint density at radius 3 is 2.61 bits per heavy atom. The molecule has 1 aromatic rings. The molecule has 2 unspecified atom stereocenters. The van der Waals surface area contributed by atoms with Gasteiger partial charge in [0.2, 0.25) is 11.8 Å². The van der Waals surface area contributed by atoms with E-state index in [0.29, 0.717) is 12.2 Å². The molecule has 2 amide bonds. The fourth-order valence-corrected chi connectivity index (χ4v) is 2.71. The van der Waals surface area contributed by atoms with Crippen molar-refractivity contribution in [2.45, 2.75) is 25.3 Å². The normalized spacial score (nSPS) is 19.3. The summed E-state index contributed by atoms with van der Waals surface area (Å²) in [5, 5.41) is 2.66. The average Bonchev–Trinajstić information content (AvgIpc) is 2.87. The zero-order chi connectivity index (χ0) is 15.4. The van der Waals surface area contributed by atoms with Crippen LogP contribution < -0.4 is 11.1 Å². The second kappa shape index (κ2) is 10.1. The Morgan fingerprint density at radius 1 is 1.39 bits per heavy atom. The van der Waals surface area contributed by atoms with Crippen molar-refractivity contribution in [2.75, 3.05) is 18.9 Å². The first-order chi connectivity index (χ1) is 9.95. The molecule has 0 bridgehead atoms. The summed E-state index contributed by atoms with van der Waals surface area (Å²) in [6, 6.07) is 3.59. The third-order valence-corrected chi connectivity index (χ3v) is 4.04. The molecule has 0 saturated heterocycles. The second-order valence-corrected chi connectivity index (χ2v) is 6.29. The molecule has 0 aromatic carbocycles. The maximum absolute atomic E-state index is 12.2. The van der Waals surface area contributed by atoms with E-state index in [2.05, 4.69) is 26.2 Å². The zero-order valence-corrected chi connectivity index (χ0v) is 15.9. The molecule has 2 atom stereocenters. The summed E-state index contributed by atoms with van der Waals surface area (Å²) in [7, 11) is 1.64. The summed E-state index contributed by atoms with van der Waals surface area (Å²) in [6.45, 7) is 0.0162. The predicted molar refractivity (Wildman–Crippen MR) is 98.0 cm³/mol.